The summed E-state index contributed by atoms with van der Waals surface area (Å²) >= 11 is 1.30. The third-order valence-electron chi connectivity index (χ3n) is 3.06. The van der Waals surface area contributed by atoms with Gasteiger partial charge in [0.25, 0.3) is 5.56 Å². The van der Waals surface area contributed by atoms with E-state index in [9.17, 15) is 9.59 Å². The number of rotatable bonds is 4. The average molecular weight is 331 g/mol. The van der Waals surface area contributed by atoms with Gasteiger partial charge in [0.15, 0.2) is 0 Å². The van der Waals surface area contributed by atoms with Gasteiger partial charge in [0.1, 0.15) is 17.4 Å². The Hall–Kier alpha value is -2.74. The molecule has 1 aromatic carbocycles. The largest absolute Gasteiger partial charge is 0.497 e. The van der Waals surface area contributed by atoms with E-state index in [4.69, 9.17) is 9.47 Å². The summed E-state index contributed by atoms with van der Waals surface area (Å²) in [5, 5.41) is 4.79. The molecule has 3 rings (SSSR count). The summed E-state index contributed by atoms with van der Waals surface area (Å²) in [5.41, 5.74) is 0.456. The number of esters is 1. The van der Waals surface area contributed by atoms with Gasteiger partial charge in [0.05, 0.1) is 18.4 Å². The summed E-state index contributed by atoms with van der Waals surface area (Å²) in [6.45, 7) is 1.71. The van der Waals surface area contributed by atoms with Crippen molar-refractivity contribution in [2.24, 2.45) is 0 Å². The fraction of sp³-hybridized carbons (Fsp3) is 0.200. The highest BCUT2D eigenvalue weighted by atomic mass is 32.1. The molecular weight excluding hydrogens is 318 g/mol. The summed E-state index contributed by atoms with van der Waals surface area (Å²) < 4.78 is 11.5. The van der Waals surface area contributed by atoms with Gasteiger partial charge in [-0.3, -0.25) is 4.79 Å². The first-order valence-electron chi connectivity index (χ1n) is 6.74. The minimum absolute atomic E-state index is 0.0846. The summed E-state index contributed by atoms with van der Waals surface area (Å²) in [4.78, 5) is 28.7. The van der Waals surface area contributed by atoms with Crippen LogP contribution in [0.2, 0.25) is 0 Å². The fourth-order valence-electron chi connectivity index (χ4n) is 2.00. The molecule has 0 bridgehead atoms. The molecule has 2 aromatic heterocycles. The first-order chi connectivity index (χ1) is 11.1. The molecule has 8 heteroatoms. The Kier molecular flexibility index (Phi) is 4.07. The molecule has 0 spiro atoms. The van der Waals surface area contributed by atoms with E-state index in [2.05, 4.69) is 10.1 Å². The van der Waals surface area contributed by atoms with Crippen molar-refractivity contribution in [2.75, 3.05) is 7.11 Å². The molecule has 118 valence electrons. The first kappa shape index (κ1) is 15.2. The van der Waals surface area contributed by atoms with Crippen molar-refractivity contribution in [3.8, 4) is 5.75 Å². The van der Waals surface area contributed by atoms with Crippen molar-refractivity contribution in [2.45, 2.75) is 13.5 Å². The van der Waals surface area contributed by atoms with Crippen LogP contribution in [0.25, 0.3) is 4.96 Å². The maximum absolute atomic E-state index is 12.0. The number of hydrogen-bond donors (Lipinski definition) is 0. The van der Waals surface area contributed by atoms with Crippen LogP contribution in [0.4, 0.5) is 0 Å². The normalized spacial score (nSPS) is 10.7. The van der Waals surface area contributed by atoms with Gasteiger partial charge in [-0.25, -0.2) is 9.78 Å². The number of ether oxygens (including phenoxy) is 2. The topological polar surface area (TPSA) is 82.8 Å². The number of carbonyl (C=O) groups excluding carboxylic acids is 1. The van der Waals surface area contributed by atoms with Gasteiger partial charge in [-0.1, -0.05) is 17.4 Å². The maximum Gasteiger partial charge on any atom is 0.338 e. The second-order valence-electron chi connectivity index (χ2n) is 4.71. The SMILES string of the molecule is COc1cccc(C(=O)OCc2cc(=O)n3nc(C)sc3n2)c1. The predicted molar refractivity (Wildman–Crippen MR) is 84.0 cm³/mol. The molecule has 7 nitrogen and oxygen atoms in total. The minimum atomic E-state index is -0.508. The van der Waals surface area contributed by atoms with Crippen molar-refractivity contribution in [1.82, 2.24) is 14.6 Å². The van der Waals surface area contributed by atoms with Crippen LogP contribution >= 0.6 is 11.3 Å². The number of aromatic nitrogens is 3. The van der Waals surface area contributed by atoms with E-state index in [0.717, 1.165) is 5.01 Å². The van der Waals surface area contributed by atoms with Gasteiger partial charge >= 0.3 is 5.97 Å². The van der Waals surface area contributed by atoms with E-state index in [1.807, 2.05) is 0 Å². The van der Waals surface area contributed by atoms with Gasteiger partial charge < -0.3 is 9.47 Å². The number of fused-ring (bicyclic) bond motifs is 1. The Morgan fingerprint density at radius 1 is 1.35 bits per heavy atom. The van der Waals surface area contributed by atoms with Crippen molar-refractivity contribution < 1.29 is 14.3 Å². The quantitative estimate of drug-likeness (QED) is 0.678. The Bertz CT molecular complexity index is 932. The van der Waals surface area contributed by atoms with Crippen molar-refractivity contribution in [3.05, 3.63) is 57.0 Å². The van der Waals surface area contributed by atoms with E-state index < -0.39 is 5.97 Å². The van der Waals surface area contributed by atoms with Crippen LogP contribution in [-0.4, -0.2) is 27.7 Å². The molecule has 0 N–H and O–H groups in total. The average Bonchev–Trinajstić information content (AvgIpc) is 2.93. The standard InChI is InChI=1S/C15H13N3O4S/c1-9-17-18-13(19)7-11(16-15(18)23-9)8-22-14(20)10-4-3-5-12(6-10)21-2/h3-7H,8H2,1-2H3. The Morgan fingerprint density at radius 3 is 2.96 bits per heavy atom. The Labute approximate surface area is 135 Å². The Morgan fingerprint density at radius 2 is 2.17 bits per heavy atom. The van der Waals surface area contributed by atoms with E-state index >= 15 is 0 Å². The van der Waals surface area contributed by atoms with E-state index in [0.29, 0.717) is 22.0 Å². The van der Waals surface area contributed by atoms with Gasteiger partial charge in [-0.05, 0) is 25.1 Å². The summed E-state index contributed by atoms with van der Waals surface area (Å²) in [7, 11) is 1.52. The molecule has 0 aliphatic heterocycles. The molecule has 0 aliphatic rings. The second-order valence-corrected chi connectivity index (χ2v) is 5.87. The highest BCUT2D eigenvalue weighted by Gasteiger charge is 2.11. The molecule has 0 atom stereocenters. The summed E-state index contributed by atoms with van der Waals surface area (Å²) in [6, 6.07) is 7.96. The molecule has 0 radical (unpaired) electrons. The lowest BCUT2D eigenvalue weighted by Crippen LogP contribution is -2.16. The van der Waals surface area contributed by atoms with Gasteiger partial charge in [0, 0.05) is 6.07 Å². The van der Waals surface area contributed by atoms with E-state index in [-0.39, 0.29) is 12.2 Å². The zero-order chi connectivity index (χ0) is 16.4. The van der Waals surface area contributed by atoms with Crippen LogP contribution in [0.15, 0.2) is 35.1 Å². The number of carbonyl (C=O) groups is 1. The molecule has 0 unspecified atom stereocenters. The third-order valence-corrected chi connectivity index (χ3v) is 3.88. The Balaban J connectivity index is 1.77. The molecule has 0 saturated carbocycles. The molecule has 3 aromatic rings. The molecule has 2 heterocycles. The second kappa shape index (κ2) is 6.17. The molecule has 0 aliphatic carbocycles. The number of hydrogen-bond acceptors (Lipinski definition) is 7. The number of aryl methyl sites for hydroxylation is 1. The zero-order valence-electron chi connectivity index (χ0n) is 12.5. The molecule has 0 fully saturated rings. The van der Waals surface area contributed by atoms with Crippen LogP contribution in [0.1, 0.15) is 21.1 Å². The molecule has 23 heavy (non-hydrogen) atoms. The monoisotopic (exact) mass is 331 g/mol. The van der Waals surface area contributed by atoms with Crippen LogP contribution in [0.3, 0.4) is 0 Å². The minimum Gasteiger partial charge on any atom is -0.497 e. The van der Waals surface area contributed by atoms with Crippen LogP contribution in [0.5, 0.6) is 5.75 Å². The number of benzene rings is 1. The smallest absolute Gasteiger partial charge is 0.338 e. The molecule has 0 amide bonds. The predicted octanol–water partition coefficient (Wildman–Crippen LogP) is 1.83. The molecule has 0 saturated heterocycles. The van der Waals surface area contributed by atoms with Gasteiger partial charge in [-0.15, -0.1) is 0 Å². The fourth-order valence-corrected chi connectivity index (χ4v) is 2.77. The van der Waals surface area contributed by atoms with Crippen molar-refractivity contribution >= 4 is 22.3 Å². The van der Waals surface area contributed by atoms with Crippen LogP contribution in [0, 0.1) is 6.92 Å². The van der Waals surface area contributed by atoms with E-state index in [1.54, 1.807) is 31.2 Å². The number of nitrogens with zero attached hydrogens (tertiary/aromatic N) is 3. The van der Waals surface area contributed by atoms with Crippen molar-refractivity contribution in [3.63, 3.8) is 0 Å². The van der Waals surface area contributed by atoms with Crippen molar-refractivity contribution in [1.29, 1.82) is 0 Å². The number of methoxy groups -OCH3 is 1. The van der Waals surface area contributed by atoms with Crippen LogP contribution in [-0.2, 0) is 11.3 Å². The molecular formula is C15H13N3O4S. The summed E-state index contributed by atoms with van der Waals surface area (Å²) in [5.74, 6) is 0.0590. The lowest BCUT2D eigenvalue weighted by Gasteiger charge is -2.05. The lowest BCUT2D eigenvalue weighted by atomic mass is 10.2. The maximum atomic E-state index is 12.0. The summed E-state index contributed by atoms with van der Waals surface area (Å²) in [6.07, 6.45) is 0. The third kappa shape index (κ3) is 3.21. The van der Waals surface area contributed by atoms with Gasteiger partial charge in [-0.2, -0.15) is 9.61 Å². The lowest BCUT2D eigenvalue weighted by molar-refractivity contribution is 0.0467. The van der Waals surface area contributed by atoms with Crippen LogP contribution < -0.4 is 10.3 Å². The highest BCUT2D eigenvalue weighted by Crippen LogP contribution is 2.14. The highest BCUT2D eigenvalue weighted by molar-refractivity contribution is 7.16. The zero-order valence-corrected chi connectivity index (χ0v) is 13.3. The van der Waals surface area contributed by atoms with E-state index in [1.165, 1.54) is 29.0 Å². The first-order valence-corrected chi connectivity index (χ1v) is 7.56. The van der Waals surface area contributed by atoms with Gasteiger partial charge in [0.2, 0.25) is 4.96 Å².